The maximum Gasteiger partial charge on any atom is 0.265 e. The number of carbonyl (C=O) groups excluding carboxylic acids is 2. The molecule has 148 valence electrons. The fraction of sp³-hybridized carbons (Fsp3) is 0.391. The molecule has 2 aromatic carbocycles. The third-order valence-electron chi connectivity index (χ3n) is 5.08. The lowest BCUT2D eigenvalue weighted by molar-refractivity contribution is -0.122. The third-order valence-corrected chi connectivity index (χ3v) is 5.08. The summed E-state index contributed by atoms with van der Waals surface area (Å²) < 4.78 is 5.94. The van der Waals surface area contributed by atoms with Crippen LogP contribution < -0.4 is 10.1 Å². The molecule has 1 fully saturated rings. The first-order chi connectivity index (χ1) is 13.6. The van der Waals surface area contributed by atoms with Crippen molar-refractivity contribution >= 4 is 17.5 Å². The number of aryl methyl sites for hydroxylation is 1. The van der Waals surface area contributed by atoms with Gasteiger partial charge >= 0.3 is 0 Å². The lowest BCUT2D eigenvalue weighted by Crippen LogP contribution is -2.37. The fourth-order valence-electron chi connectivity index (χ4n) is 3.42. The standard InChI is InChI=1S/C23H28N2O3/c1-3-20(28-21-14-8-5-11-17(21)2)22(26)24-19-13-7-6-12-18(19)23(27)25-15-9-4-10-16-25/h5-8,11-14,20H,3-4,9-10,15-16H2,1-2H3,(H,24,26)/t20-/m0/s1. The van der Waals surface area contributed by atoms with Crippen LogP contribution in [0, 0.1) is 6.92 Å². The van der Waals surface area contributed by atoms with E-state index in [-0.39, 0.29) is 11.8 Å². The number of nitrogens with zero attached hydrogens (tertiary/aromatic N) is 1. The van der Waals surface area contributed by atoms with Crippen molar-refractivity contribution in [1.82, 2.24) is 4.90 Å². The first-order valence-corrected chi connectivity index (χ1v) is 10.0. The van der Waals surface area contributed by atoms with Crippen molar-refractivity contribution in [2.45, 2.75) is 45.6 Å². The van der Waals surface area contributed by atoms with Crippen LogP contribution in [0.3, 0.4) is 0 Å². The molecule has 1 saturated heterocycles. The van der Waals surface area contributed by atoms with E-state index in [1.54, 1.807) is 12.1 Å². The van der Waals surface area contributed by atoms with E-state index >= 15 is 0 Å². The van der Waals surface area contributed by atoms with E-state index in [9.17, 15) is 9.59 Å². The van der Waals surface area contributed by atoms with Crippen molar-refractivity contribution in [1.29, 1.82) is 0 Å². The summed E-state index contributed by atoms with van der Waals surface area (Å²) in [6.45, 7) is 5.41. The highest BCUT2D eigenvalue weighted by Crippen LogP contribution is 2.22. The van der Waals surface area contributed by atoms with Gasteiger partial charge in [0.05, 0.1) is 11.3 Å². The zero-order valence-electron chi connectivity index (χ0n) is 16.6. The number of nitrogens with one attached hydrogen (secondary N) is 1. The van der Waals surface area contributed by atoms with Crippen molar-refractivity contribution in [3.63, 3.8) is 0 Å². The lowest BCUT2D eigenvalue weighted by Gasteiger charge is -2.27. The molecule has 1 N–H and O–H groups in total. The van der Waals surface area contributed by atoms with Gasteiger partial charge in [-0.25, -0.2) is 0 Å². The van der Waals surface area contributed by atoms with Crippen molar-refractivity contribution < 1.29 is 14.3 Å². The van der Waals surface area contributed by atoms with E-state index in [1.165, 1.54) is 0 Å². The largest absolute Gasteiger partial charge is 0.480 e. The number of hydrogen-bond donors (Lipinski definition) is 1. The zero-order chi connectivity index (χ0) is 19.9. The van der Waals surface area contributed by atoms with Crippen LogP contribution in [0.4, 0.5) is 5.69 Å². The van der Waals surface area contributed by atoms with E-state index in [0.29, 0.717) is 23.4 Å². The first kappa shape index (κ1) is 19.9. The van der Waals surface area contributed by atoms with E-state index in [4.69, 9.17) is 4.74 Å². The number of carbonyl (C=O) groups is 2. The topological polar surface area (TPSA) is 58.6 Å². The SMILES string of the molecule is CC[C@H](Oc1ccccc1C)C(=O)Nc1ccccc1C(=O)N1CCCCC1. The number of amides is 2. The number of piperidine rings is 1. The fourth-order valence-corrected chi connectivity index (χ4v) is 3.42. The maximum atomic E-state index is 12.9. The molecule has 0 aliphatic carbocycles. The quantitative estimate of drug-likeness (QED) is 0.807. The molecule has 0 aromatic heterocycles. The minimum atomic E-state index is -0.626. The van der Waals surface area contributed by atoms with Crippen LogP contribution in [0.5, 0.6) is 5.75 Å². The molecule has 5 heteroatoms. The second-order valence-electron chi connectivity index (χ2n) is 7.17. The molecule has 1 atom stereocenters. The Morgan fingerprint density at radius 2 is 1.71 bits per heavy atom. The lowest BCUT2D eigenvalue weighted by atomic mass is 10.1. The van der Waals surface area contributed by atoms with Gasteiger partial charge in [-0.15, -0.1) is 0 Å². The van der Waals surface area contributed by atoms with Gasteiger partial charge in [0.25, 0.3) is 11.8 Å². The van der Waals surface area contributed by atoms with Crippen molar-refractivity contribution in [2.75, 3.05) is 18.4 Å². The summed E-state index contributed by atoms with van der Waals surface area (Å²) >= 11 is 0. The molecule has 5 nitrogen and oxygen atoms in total. The molecule has 0 radical (unpaired) electrons. The molecule has 1 aliphatic heterocycles. The van der Waals surface area contributed by atoms with Crippen LogP contribution in [0.25, 0.3) is 0 Å². The summed E-state index contributed by atoms with van der Waals surface area (Å²) in [6, 6.07) is 14.8. The molecule has 0 saturated carbocycles. The van der Waals surface area contributed by atoms with E-state index < -0.39 is 6.10 Å². The van der Waals surface area contributed by atoms with E-state index in [2.05, 4.69) is 5.32 Å². The van der Waals surface area contributed by atoms with Gasteiger partial charge in [-0.2, -0.15) is 0 Å². The van der Waals surface area contributed by atoms with Gasteiger partial charge in [0.1, 0.15) is 5.75 Å². The highest BCUT2D eigenvalue weighted by atomic mass is 16.5. The van der Waals surface area contributed by atoms with E-state index in [1.807, 2.05) is 55.1 Å². The van der Waals surface area contributed by atoms with Crippen LogP contribution >= 0.6 is 0 Å². The Balaban J connectivity index is 1.74. The number of anilines is 1. The summed E-state index contributed by atoms with van der Waals surface area (Å²) in [5.41, 5.74) is 2.05. The van der Waals surface area contributed by atoms with Gasteiger partial charge in [0.15, 0.2) is 6.10 Å². The van der Waals surface area contributed by atoms with Gasteiger partial charge < -0.3 is 15.0 Å². The summed E-state index contributed by atoms with van der Waals surface area (Å²) in [5.74, 6) is 0.426. The number of benzene rings is 2. The van der Waals surface area contributed by atoms with Crippen LogP contribution in [-0.2, 0) is 4.79 Å². The Morgan fingerprint density at radius 1 is 1.04 bits per heavy atom. The number of rotatable bonds is 6. The minimum absolute atomic E-state index is 0.0246. The molecular formula is C23H28N2O3. The minimum Gasteiger partial charge on any atom is -0.480 e. The average Bonchev–Trinajstić information content (AvgIpc) is 2.73. The Bertz CT molecular complexity index is 828. The van der Waals surface area contributed by atoms with Gasteiger partial charge in [-0.3, -0.25) is 9.59 Å². The van der Waals surface area contributed by atoms with Crippen LogP contribution in [0.1, 0.15) is 48.5 Å². The Morgan fingerprint density at radius 3 is 2.43 bits per heavy atom. The Kier molecular flexibility index (Phi) is 6.69. The average molecular weight is 380 g/mol. The van der Waals surface area contributed by atoms with Gasteiger partial charge in [-0.05, 0) is 56.4 Å². The van der Waals surface area contributed by atoms with Crippen molar-refractivity contribution in [3.8, 4) is 5.75 Å². The summed E-state index contributed by atoms with van der Waals surface area (Å²) in [4.78, 5) is 27.6. The molecule has 0 unspecified atom stereocenters. The molecule has 3 rings (SSSR count). The monoisotopic (exact) mass is 380 g/mol. The summed E-state index contributed by atoms with van der Waals surface area (Å²) in [7, 11) is 0. The number of likely N-dealkylation sites (tertiary alicyclic amines) is 1. The van der Waals surface area contributed by atoms with Gasteiger partial charge in [0.2, 0.25) is 0 Å². The van der Waals surface area contributed by atoms with Crippen LogP contribution in [-0.4, -0.2) is 35.9 Å². The zero-order valence-corrected chi connectivity index (χ0v) is 16.6. The van der Waals surface area contributed by atoms with Crippen LogP contribution in [0.2, 0.25) is 0 Å². The number of ether oxygens (including phenoxy) is 1. The molecule has 0 spiro atoms. The van der Waals surface area contributed by atoms with Gasteiger partial charge in [-0.1, -0.05) is 37.3 Å². The molecule has 2 aromatic rings. The van der Waals surface area contributed by atoms with E-state index in [0.717, 1.165) is 37.9 Å². The highest BCUT2D eigenvalue weighted by Gasteiger charge is 2.24. The first-order valence-electron chi connectivity index (χ1n) is 10.0. The smallest absolute Gasteiger partial charge is 0.265 e. The second-order valence-corrected chi connectivity index (χ2v) is 7.17. The van der Waals surface area contributed by atoms with Crippen molar-refractivity contribution in [3.05, 3.63) is 59.7 Å². The molecule has 28 heavy (non-hydrogen) atoms. The van der Waals surface area contributed by atoms with Crippen LogP contribution in [0.15, 0.2) is 48.5 Å². The maximum absolute atomic E-state index is 12.9. The predicted octanol–water partition coefficient (Wildman–Crippen LogP) is 4.42. The molecule has 0 bridgehead atoms. The van der Waals surface area contributed by atoms with Gasteiger partial charge in [0, 0.05) is 13.1 Å². The second kappa shape index (κ2) is 9.40. The Hall–Kier alpha value is -2.82. The summed E-state index contributed by atoms with van der Waals surface area (Å²) in [6.07, 6.45) is 3.13. The Labute approximate surface area is 166 Å². The van der Waals surface area contributed by atoms with Crippen molar-refractivity contribution in [2.24, 2.45) is 0 Å². The molecular weight excluding hydrogens is 352 g/mol. The number of hydrogen-bond acceptors (Lipinski definition) is 3. The molecule has 2 amide bonds. The molecule has 1 aliphatic rings. The predicted molar refractivity (Wildman–Crippen MR) is 111 cm³/mol. The molecule has 1 heterocycles. The summed E-state index contributed by atoms with van der Waals surface area (Å²) in [5, 5.41) is 2.91. The number of para-hydroxylation sites is 2. The highest BCUT2D eigenvalue weighted by molar-refractivity contribution is 6.04. The normalized spacial score (nSPS) is 15.0. The third kappa shape index (κ3) is 4.71.